The lowest BCUT2D eigenvalue weighted by Crippen LogP contribution is -2.14. The number of benzene rings is 4. The largest absolute Gasteiger partial charge is 0.744 e. The molecule has 4 aromatic carbocycles. The third kappa shape index (κ3) is 5.92. The highest BCUT2D eigenvalue weighted by molar-refractivity contribution is 7.86. The quantitative estimate of drug-likeness (QED) is 0.141. The summed E-state index contributed by atoms with van der Waals surface area (Å²) in [6, 6.07) is 17.3. The van der Waals surface area contributed by atoms with Crippen molar-refractivity contribution in [1.82, 2.24) is 16.1 Å². The summed E-state index contributed by atoms with van der Waals surface area (Å²) in [6.07, 6.45) is -4.86. The van der Waals surface area contributed by atoms with Crippen LogP contribution < -0.4 is 11.5 Å². The van der Waals surface area contributed by atoms with Gasteiger partial charge in [0.15, 0.2) is 0 Å². The third-order valence-electron chi connectivity index (χ3n) is 6.52. The molecule has 0 aliphatic carbocycles. The minimum Gasteiger partial charge on any atom is -0.744 e. The van der Waals surface area contributed by atoms with Crippen molar-refractivity contribution in [2.45, 2.75) is 18.0 Å². The summed E-state index contributed by atoms with van der Waals surface area (Å²) < 4.78 is 89.0. The number of hydrogen-bond acceptors (Lipinski definition) is 8. The Kier molecular flexibility index (Phi) is 8.02. The van der Waals surface area contributed by atoms with Crippen LogP contribution in [0.1, 0.15) is 21.5 Å². The second-order valence-electron chi connectivity index (χ2n) is 9.46. The normalized spacial score (nSPS) is 12.0. The number of carbonyl (C=O) groups excluding carboxylic acids is 1. The van der Waals surface area contributed by atoms with E-state index in [1.165, 1.54) is 11.3 Å². The highest BCUT2D eigenvalue weighted by Crippen LogP contribution is 2.38. The van der Waals surface area contributed by atoms with Crippen LogP contribution in [0.2, 0.25) is 0 Å². The molecule has 8 nitrogen and oxygen atoms in total. The van der Waals surface area contributed by atoms with Crippen LogP contribution in [0.4, 0.5) is 23.2 Å². The Morgan fingerprint density at radius 1 is 0.864 bits per heavy atom. The van der Waals surface area contributed by atoms with Crippen molar-refractivity contribution in [3.63, 3.8) is 0 Å². The van der Waals surface area contributed by atoms with Gasteiger partial charge < -0.3 is 16.0 Å². The van der Waals surface area contributed by atoms with Crippen LogP contribution in [-0.4, -0.2) is 28.8 Å². The smallest absolute Gasteiger partial charge is 0.419 e. The first kappa shape index (κ1) is 31.2. The van der Waals surface area contributed by atoms with E-state index in [-0.39, 0.29) is 16.6 Å². The highest BCUT2D eigenvalue weighted by Gasteiger charge is 2.34. The van der Waals surface area contributed by atoms with Crippen molar-refractivity contribution in [2.75, 3.05) is 5.32 Å². The molecule has 6 aromatic rings. The van der Waals surface area contributed by atoms with Crippen molar-refractivity contribution in [2.24, 2.45) is 0 Å². The lowest BCUT2D eigenvalue weighted by Gasteiger charge is -2.10. The van der Waals surface area contributed by atoms with Gasteiger partial charge in [0.25, 0.3) is 5.91 Å². The van der Waals surface area contributed by atoms with E-state index in [0.29, 0.717) is 49.1 Å². The number of nitrogens with one attached hydrogen (secondary N) is 1. The summed E-state index contributed by atoms with van der Waals surface area (Å²) >= 11 is 2.52. The average Bonchev–Trinajstić information content (AvgIpc) is 3.55. The molecule has 0 aliphatic rings. The van der Waals surface area contributed by atoms with Gasteiger partial charge in [-0.15, -0.1) is 22.7 Å². The monoisotopic (exact) mass is 660 g/mol. The van der Waals surface area contributed by atoms with Gasteiger partial charge in [0.05, 0.1) is 30.9 Å². The molecule has 226 valence electrons. The number of aryl methyl sites for hydroxylation is 1. The van der Waals surface area contributed by atoms with Crippen LogP contribution in [0.5, 0.6) is 0 Å². The molecule has 1 amide bonds. The molecule has 5 N–H and O–H groups in total. The molecule has 0 radical (unpaired) electrons. The number of alkyl halides is 3. The third-order valence-corrected chi connectivity index (χ3v) is 9.88. The molecule has 2 heterocycles. The molecular formula is C29H20F4N4O4S3. The number of halogens is 4. The first-order valence-corrected chi connectivity index (χ1v) is 15.4. The van der Waals surface area contributed by atoms with E-state index in [2.05, 4.69) is 15.3 Å². The fourth-order valence-corrected chi connectivity index (χ4v) is 7.76. The minimum atomic E-state index is -4.86. The van der Waals surface area contributed by atoms with Crippen molar-refractivity contribution in [3.05, 3.63) is 95.3 Å². The summed E-state index contributed by atoms with van der Waals surface area (Å²) in [4.78, 5) is 21.4. The van der Waals surface area contributed by atoms with Crippen molar-refractivity contribution in [1.29, 1.82) is 0 Å². The molecule has 2 aromatic heterocycles. The predicted molar refractivity (Wildman–Crippen MR) is 162 cm³/mol. The number of aromatic nitrogens is 2. The predicted octanol–water partition coefficient (Wildman–Crippen LogP) is 8.24. The number of rotatable bonds is 5. The second-order valence-corrected chi connectivity index (χ2v) is 12.8. The number of hydrogen-bond donors (Lipinski definition) is 2. The molecule has 0 bridgehead atoms. The maximum absolute atomic E-state index is 13.9. The van der Waals surface area contributed by atoms with Crippen molar-refractivity contribution in [3.8, 4) is 21.1 Å². The Morgan fingerprint density at radius 2 is 1.50 bits per heavy atom. The van der Waals surface area contributed by atoms with Gasteiger partial charge in [0, 0.05) is 22.4 Å². The maximum Gasteiger partial charge on any atom is 0.419 e. The average molecular weight is 661 g/mol. The zero-order valence-corrected chi connectivity index (χ0v) is 25.1. The minimum absolute atomic E-state index is 0. The Morgan fingerprint density at radius 3 is 2.16 bits per heavy atom. The van der Waals surface area contributed by atoms with Gasteiger partial charge in [0.2, 0.25) is 0 Å². The Bertz CT molecular complexity index is 2180. The molecule has 44 heavy (non-hydrogen) atoms. The summed E-state index contributed by atoms with van der Waals surface area (Å²) in [5.74, 6) is -2.30. The van der Waals surface area contributed by atoms with Crippen molar-refractivity contribution >= 4 is 64.8 Å². The van der Waals surface area contributed by atoms with Gasteiger partial charge in [-0.3, -0.25) is 4.79 Å². The van der Waals surface area contributed by atoms with Gasteiger partial charge >= 0.3 is 6.18 Å². The zero-order valence-electron chi connectivity index (χ0n) is 22.7. The molecule has 0 saturated heterocycles. The Balaban J connectivity index is 0.00000384. The molecule has 0 aliphatic heterocycles. The number of carbonyl (C=O) groups is 1. The number of fused-ring (bicyclic) bond motifs is 2. The standard InChI is InChI=1S/C29H17F4N3O4S3.H3N/c1-14-2-10-22-24(25(14)43(38,39)40)42-28(36-22)17-6-11-21-23(13-17)41-27(35-21)15-3-7-18(8-4-15)34-26(37)16-5-9-19(20(30)12-16)29(31,32)33;/h2-13H,1H3,(H,34,37)(H,38,39,40);1H3. The SMILES string of the molecule is Cc1ccc2nc(-c3ccc4nc(-c5ccc(NC(=O)c6ccc(C(F)(F)F)c(F)c6)cc5)sc4c3)sc2c1S(=O)(=O)[O-].[NH4+]. The lowest BCUT2D eigenvalue weighted by molar-refractivity contribution is -0.140. The van der Waals surface area contributed by atoms with Gasteiger partial charge in [0.1, 0.15) is 26.0 Å². The highest BCUT2D eigenvalue weighted by atomic mass is 32.2. The first-order valence-electron chi connectivity index (χ1n) is 12.3. The number of amides is 1. The van der Waals surface area contributed by atoms with E-state index < -0.39 is 33.6 Å². The Labute approximate surface area is 255 Å². The molecule has 15 heteroatoms. The summed E-state index contributed by atoms with van der Waals surface area (Å²) in [6.45, 7) is 1.56. The summed E-state index contributed by atoms with van der Waals surface area (Å²) in [5, 5.41) is 3.76. The lowest BCUT2D eigenvalue weighted by atomic mass is 10.1. The summed E-state index contributed by atoms with van der Waals surface area (Å²) in [5.41, 5.74) is 1.60. The molecule has 0 atom stereocenters. The summed E-state index contributed by atoms with van der Waals surface area (Å²) in [7, 11) is -4.69. The fraction of sp³-hybridized carbons (Fsp3) is 0.0690. The van der Waals surface area contributed by atoms with Crippen LogP contribution in [0.15, 0.2) is 77.7 Å². The van der Waals surface area contributed by atoms with Crippen LogP contribution in [0.3, 0.4) is 0 Å². The van der Waals surface area contributed by atoms with Crippen LogP contribution in [0.25, 0.3) is 41.6 Å². The van der Waals surface area contributed by atoms with Crippen LogP contribution in [-0.2, 0) is 16.3 Å². The van der Waals surface area contributed by atoms with Crippen molar-refractivity contribution < 1.29 is 35.3 Å². The topological polar surface area (TPSA) is 149 Å². The molecule has 0 spiro atoms. The van der Waals surface area contributed by atoms with Crippen LogP contribution in [0, 0.1) is 12.7 Å². The van der Waals surface area contributed by atoms with Gasteiger partial charge in [-0.25, -0.2) is 22.8 Å². The van der Waals surface area contributed by atoms with E-state index in [4.69, 9.17) is 0 Å². The maximum atomic E-state index is 13.9. The molecular weight excluding hydrogens is 641 g/mol. The van der Waals surface area contributed by atoms with Gasteiger partial charge in [-0.05, 0) is 79.2 Å². The van der Waals surface area contributed by atoms with E-state index in [1.54, 1.807) is 43.3 Å². The number of thiazole rings is 2. The molecule has 0 fully saturated rings. The zero-order chi connectivity index (χ0) is 30.7. The first-order chi connectivity index (χ1) is 20.3. The second kappa shape index (κ2) is 11.3. The van der Waals surface area contributed by atoms with E-state index in [0.717, 1.165) is 33.2 Å². The van der Waals surface area contributed by atoms with E-state index in [9.17, 15) is 35.3 Å². The molecule has 6 rings (SSSR count). The van der Waals surface area contributed by atoms with Gasteiger partial charge in [-0.1, -0.05) is 6.07 Å². The number of quaternary nitrogens is 1. The molecule has 0 unspecified atom stereocenters. The van der Waals surface area contributed by atoms with E-state index in [1.807, 2.05) is 18.2 Å². The van der Waals surface area contributed by atoms with Gasteiger partial charge in [-0.2, -0.15) is 13.2 Å². The Hall–Kier alpha value is -4.28. The number of nitrogens with zero attached hydrogens (tertiary/aromatic N) is 2. The fourth-order valence-electron chi connectivity index (χ4n) is 4.47. The van der Waals surface area contributed by atoms with E-state index >= 15 is 0 Å². The van der Waals surface area contributed by atoms with Crippen LogP contribution >= 0.6 is 22.7 Å². The number of anilines is 1. The molecule has 0 saturated carbocycles.